The second kappa shape index (κ2) is 2.86. The largest absolute Gasteiger partial charge is 0.244 e. The number of allylic oxidation sites excluding steroid dienone is 2. The molecule has 0 aromatic heterocycles. The molecule has 0 nitrogen and oxygen atoms in total. The van der Waals surface area contributed by atoms with E-state index < -0.39 is 5.67 Å². The Labute approximate surface area is 74.9 Å². The summed E-state index contributed by atoms with van der Waals surface area (Å²) < 4.78 is 13.4. The molecule has 0 saturated heterocycles. The molecule has 0 aliphatic heterocycles. The third-order valence-electron chi connectivity index (χ3n) is 2.65. The van der Waals surface area contributed by atoms with Gasteiger partial charge < -0.3 is 0 Å². The van der Waals surface area contributed by atoms with Crippen LogP contribution in [-0.4, -0.2) is 5.67 Å². The molecule has 1 atom stereocenters. The van der Waals surface area contributed by atoms with Crippen LogP contribution in [0.15, 0.2) is 11.6 Å². The van der Waals surface area contributed by atoms with Crippen molar-refractivity contribution in [2.75, 3.05) is 0 Å². The maximum Gasteiger partial charge on any atom is 0.112 e. The van der Waals surface area contributed by atoms with Gasteiger partial charge in [-0.05, 0) is 31.6 Å². The minimum Gasteiger partial charge on any atom is -0.244 e. The zero-order valence-corrected chi connectivity index (χ0v) is 8.58. The van der Waals surface area contributed by atoms with Crippen molar-refractivity contribution in [2.24, 2.45) is 5.41 Å². The van der Waals surface area contributed by atoms with Gasteiger partial charge in [-0.15, -0.1) is 0 Å². The third-order valence-corrected chi connectivity index (χ3v) is 2.65. The van der Waals surface area contributed by atoms with Crippen molar-refractivity contribution >= 4 is 0 Å². The monoisotopic (exact) mass is 170 g/mol. The van der Waals surface area contributed by atoms with Crippen LogP contribution in [-0.2, 0) is 0 Å². The lowest BCUT2D eigenvalue weighted by molar-refractivity contribution is 0.166. The predicted octanol–water partition coefficient (Wildman–Crippen LogP) is 3.87. The number of alkyl halides is 1. The fourth-order valence-electron chi connectivity index (χ4n) is 1.62. The van der Waals surface area contributed by atoms with Gasteiger partial charge in [0, 0.05) is 0 Å². The van der Waals surface area contributed by atoms with Gasteiger partial charge in [0.05, 0.1) is 0 Å². The topological polar surface area (TPSA) is 0 Å². The van der Waals surface area contributed by atoms with E-state index in [0.29, 0.717) is 12.8 Å². The SMILES string of the molecule is CC1(F)CC=C(C(C)(C)C)CC1. The second-order valence-electron chi connectivity index (χ2n) is 5.10. The Morgan fingerprint density at radius 1 is 1.42 bits per heavy atom. The lowest BCUT2D eigenvalue weighted by atomic mass is 9.77. The molecule has 0 aromatic rings. The lowest BCUT2D eigenvalue weighted by Gasteiger charge is -2.31. The Bertz CT molecular complexity index is 194. The highest BCUT2D eigenvalue weighted by atomic mass is 19.1. The van der Waals surface area contributed by atoms with E-state index >= 15 is 0 Å². The number of rotatable bonds is 0. The molecular weight excluding hydrogens is 151 g/mol. The van der Waals surface area contributed by atoms with E-state index in [0.717, 1.165) is 6.42 Å². The number of hydrogen-bond donors (Lipinski definition) is 0. The molecule has 0 amide bonds. The molecule has 70 valence electrons. The van der Waals surface area contributed by atoms with Crippen LogP contribution in [0.3, 0.4) is 0 Å². The van der Waals surface area contributed by atoms with Crippen molar-refractivity contribution in [3.8, 4) is 0 Å². The molecular formula is C11H19F. The van der Waals surface area contributed by atoms with Gasteiger partial charge in [-0.25, -0.2) is 4.39 Å². The first kappa shape index (κ1) is 9.76. The van der Waals surface area contributed by atoms with Crippen molar-refractivity contribution in [3.63, 3.8) is 0 Å². The van der Waals surface area contributed by atoms with Crippen LogP contribution in [0.2, 0.25) is 0 Å². The normalized spacial score (nSPS) is 31.6. The van der Waals surface area contributed by atoms with E-state index in [4.69, 9.17) is 0 Å². The molecule has 1 heteroatoms. The Balaban J connectivity index is 2.69. The highest BCUT2D eigenvalue weighted by Gasteiger charge is 2.29. The van der Waals surface area contributed by atoms with Gasteiger partial charge in [0.1, 0.15) is 5.67 Å². The molecule has 0 heterocycles. The summed E-state index contributed by atoms with van der Waals surface area (Å²) in [4.78, 5) is 0. The average molecular weight is 170 g/mol. The summed E-state index contributed by atoms with van der Waals surface area (Å²) in [7, 11) is 0. The van der Waals surface area contributed by atoms with Crippen LogP contribution in [0.4, 0.5) is 4.39 Å². The molecule has 0 N–H and O–H groups in total. The number of halogens is 1. The minimum atomic E-state index is -0.950. The second-order valence-corrected chi connectivity index (χ2v) is 5.10. The molecule has 0 saturated carbocycles. The van der Waals surface area contributed by atoms with Gasteiger partial charge in [-0.3, -0.25) is 0 Å². The molecule has 1 aliphatic carbocycles. The minimum absolute atomic E-state index is 0.233. The summed E-state index contributed by atoms with van der Waals surface area (Å²) in [5, 5.41) is 0. The molecule has 12 heavy (non-hydrogen) atoms. The van der Waals surface area contributed by atoms with E-state index in [2.05, 4.69) is 26.8 Å². The van der Waals surface area contributed by atoms with Gasteiger partial charge in [0.25, 0.3) is 0 Å². The molecule has 0 fully saturated rings. The van der Waals surface area contributed by atoms with E-state index in [1.807, 2.05) is 0 Å². The Morgan fingerprint density at radius 3 is 2.33 bits per heavy atom. The highest BCUT2D eigenvalue weighted by Crippen LogP contribution is 2.38. The van der Waals surface area contributed by atoms with Gasteiger partial charge >= 0.3 is 0 Å². The smallest absolute Gasteiger partial charge is 0.112 e. The fraction of sp³-hybridized carbons (Fsp3) is 0.818. The Morgan fingerprint density at radius 2 is 2.00 bits per heavy atom. The summed E-state index contributed by atoms with van der Waals surface area (Å²) in [5.74, 6) is 0. The summed E-state index contributed by atoms with van der Waals surface area (Å²) >= 11 is 0. The fourth-order valence-corrected chi connectivity index (χ4v) is 1.62. The van der Waals surface area contributed by atoms with E-state index in [-0.39, 0.29) is 5.41 Å². The van der Waals surface area contributed by atoms with Crippen LogP contribution in [0, 0.1) is 5.41 Å². The first-order valence-electron chi connectivity index (χ1n) is 4.70. The first-order valence-corrected chi connectivity index (χ1v) is 4.70. The van der Waals surface area contributed by atoms with Crippen molar-refractivity contribution in [3.05, 3.63) is 11.6 Å². The van der Waals surface area contributed by atoms with Crippen molar-refractivity contribution in [1.82, 2.24) is 0 Å². The van der Waals surface area contributed by atoms with Crippen molar-refractivity contribution in [2.45, 2.75) is 52.6 Å². The van der Waals surface area contributed by atoms with Crippen LogP contribution < -0.4 is 0 Å². The van der Waals surface area contributed by atoms with Crippen LogP contribution in [0.25, 0.3) is 0 Å². The van der Waals surface area contributed by atoms with Crippen LogP contribution in [0.5, 0.6) is 0 Å². The van der Waals surface area contributed by atoms with Crippen molar-refractivity contribution in [1.29, 1.82) is 0 Å². The summed E-state index contributed by atoms with van der Waals surface area (Å²) in [6, 6.07) is 0. The van der Waals surface area contributed by atoms with Gasteiger partial charge in [0.15, 0.2) is 0 Å². The summed E-state index contributed by atoms with van der Waals surface area (Å²) in [6.45, 7) is 8.28. The van der Waals surface area contributed by atoms with E-state index in [9.17, 15) is 4.39 Å². The molecule has 0 bridgehead atoms. The lowest BCUT2D eigenvalue weighted by Crippen LogP contribution is -2.24. The summed E-state index contributed by atoms with van der Waals surface area (Å²) in [5.41, 5.74) is 0.697. The zero-order valence-electron chi connectivity index (χ0n) is 8.58. The molecule has 1 unspecified atom stereocenters. The Hall–Kier alpha value is -0.330. The molecule has 0 radical (unpaired) electrons. The van der Waals surface area contributed by atoms with Crippen LogP contribution in [0.1, 0.15) is 47.0 Å². The van der Waals surface area contributed by atoms with Gasteiger partial charge in [-0.2, -0.15) is 0 Å². The summed E-state index contributed by atoms with van der Waals surface area (Å²) in [6.07, 6.45) is 4.30. The third kappa shape index (κ3) is 2.33. The molecule has 0 aromatic carbocycles. The van der Waals surface area contributed by atoms with E-state index in [1.54, 1.807) is 6.92 Å². The average Bonchev–Trinajstić information content (AvgIpc) is 1.83. The first-order chi connectivity index (χ1) is 5.31. The Kier molecular flexibility index (Phi) is 2.33. The van der Waals surface area contributed by atoms with Crippen molar-refractivity contribution < 1.29 is 4.39 Å². The molecule has 0 spiro atoms. The maximum atomic E-state index is 13.4. The zero-order chi connectivity index (χ0) is 9.41. The molecule has 1 rings (SSSR count). The standard InChI is InChI=1S/C11H19F/c1-10(2,3)9-5-7-11(4,12)8-6-9/h5H,6-8H2,1-4H3. The molecule has 1 aliphatic rings. The van der Waals surface area contributed by atoms with Gasteiger partial charge in [0.2, 0.25) is 0 Å². The van der Waals surface area contributed by atoms with Gasteiger partial charge in [-0.1, -0.05) is 32.4 Å². The maximum absolute atomic E-state index is 13.4. The van der Waals surface area contributed by atoms with Crippen LogP contribution >= 0.6 is 0 Å². The number of hydrogen-bond acceptors (Lipinski definition) is 0. The van der Waals surface area contributed by atoms with E-state index in [1.165, 1.54) is 5.57 Å². The predicted molar refractivity (Wildman–Crippen MR) is 50.9 cm³/mol. The highest BCUT2D eigenvalue weighted by molar-refractivity contribution is 5.16. The quantitative estimate of drug-likeness (QED) is 0.484.